The molecule has 1 aliphatic heterocycles. The van der Waals surface area contributed by atoms with Crippen LogP contribution in [-0.4, -0.2) is 52.5 Å². The highest BCUT2D eigenvalue weighted by atomic mass is 32.1. The van der Waals surface area contributed by atoms with Gasteiger partial charge >= 0.3 is 0 Å². The average Bonchev–Trinajstić information content (AvgIpc) is 3.41. The molecule has 2 fully saturated rings. The largest absolute Gasteiger partial charge is 0.335 e. The van der Waals surface area contributed by atoms with E-state index in [0.29, 0.717) is 0 Å². The van der Waals surface area contributed by atoms with Crippen molar-refractivity contribution in [2.75, 3.05) is 26.2 Å². The van der Waals surface area contributed by atoms with E-state index in [-0.39, 0.29) is 5.91 Å². The van der Waals surface area contributed by atoms with Crippen molar-refractivity contribution in [2.24, 2.45) is 0 Å². The minimum atomic E-state index is 0.191. The van der Waals surface area contributed by atoms with E-state index < -0.39 is 0 Å². The molecule has 3 aromatic rings. The van der Waals surface area contributed by atoms with Crippen LogP contribution in [0.4, 0.5) is 0 Å². The van der Waals surface area contributed by atoms with E-state index in [2.05, 4.69) is 52.1 Å². The third-order valence-corrected chi connectivity index (χ3v) is 7.40. The highest BCUT2D eigenvalue weighted by Gasteiger charge is 2.28. The van der Waals surface area contributed by atoms with Crippen molar-refractivity contribution in [3.8, 4) is 5.00 Å². The molecule has 3 heterocycles. The molecule has 0 unspecified atom stereocenters. The van der Waals surface area contributed by atoms with Crippen molar-refractivity contribution in [3.63, 3.8) is 0 Å². The zero-order chi connectivity index (χ0) is 18.9. The summed E-state index contributed by atoms with van der Waals surface area (Å²) < 4.78 is 2.18. The highest BCUT2D eigenvalue weighted by Crippen LogP contribution is 2.28. The van der Waals surface area contributed by atoms with Crippen LogP contribution in [0.5, 0.6) is 0 Å². The number of carbonyl (C=O) groups is 1. The molecule has 1 saturated heterocycles. The Morgan fingerprint density at radius 3 is 2.50 bits per heavy atom. The molecule has 146 valence electrons. The van der Waals surface area contributed by atoms with Gasteiger partial charge in [-0.3, -0.25) is 9.69 Å². The molecule has 5 heteroatoms. The highest BCUT2D eigenvalue weighted by molar-refractivity contribution is 7.16. The van der Waals surface area contributed by atoms with Gasteiger partial charge < -0.3 is 9.47 Å². The number of benzene rings is 1. The first-order valence-electron chi connectivity index (χ1n) is 10.5. The van der Waals surface area contributed by atoms with Gasteiger partial charge in [-0.05, 0) is 42.5 Å². The van der Waals surface area contributed by atoms with Crippen LogP contribution in [0.15, 0.2) is 48.7 Å². The summed E-state index contributed by atoms with van der Waals surface area (Å²) in [6.45, 7) is 3.76. The Morgan fingerprint density at radius 1 is 0.893 bits per heavy atom. The fourth-order valence-electron chi connectivity index (χ4n) is 4.74. The Morgan fingerprint density at radius 2 is 1.68 bits per heavy atom. The topological polar surface area (TPSA) is 28.5 Å². The Hall–Kier alpha value is -2.11. The lowest BCUT2D eigenvalue weighted by Crippen LogP contribution is -2.52. The molecule has 0 atom stereocenters. The number of para-hydroxylation sites is 1. The number of amides is 1. The first-order valence-corrected chi connectivity index (χ1v) is 11.3. The van der Waals surface area contributed by atoms with E-state index in [1.807, 2.05) is 11.0 Å². The van der Waals surface area contributed by atoms with Gasteiger partial charge in [-0.1, -0.05) is 37.5 Å². The Balaban J connectivity index is 1.27. The summed E-state index contributed by atoms with van der Waals surface area (Å²) in [5.41, 5.74) is 1.18. The summed E-state index contributed by atoms with van der Waals surface area (Å²) in [5, 5.41) is 2.33. The average molecular weight is 394 g/mol. The van der Waals surface area contributed by atoms with Crippen LogP contribution >= 0.6 is 11.3 Å². The van der Waals surface area contributed by atoms with Gasteiger partial charge in [0, 0.05) is 38.4 Å². The van der Waals surface area contributed by atoms with Crippen LogP contribution in [0.3, 0.4) is 0 Å². The molecule has 2 aliphatic rings. The van der Waals surface area contributed by atoms with E-state index >= 15 is 0 Å². The second-order valence-corrected chi connectivity index (χ2v) is 9.06. The quantitative estimate of drug-likeness (QED) is 0.640. The monoisotopic (exact) mass is 393 g/mol. The van der Waals surface area contributed by atoms with E-state index in [9.17, 15) is 4.79 Å². The van der Waals surface area contributed by atoms with Crippen molar-refractivity contribution in [1.82, 2.24) is 14.4 Å². The Bertz CT molecular complexity index is 961. The molecular formula is C23H27N3OS. The molecule has 0 N–H and O–H groups in total. The third-order valence-electron chi connectivity index (χ3n) is 6.33. The maximum Gasteiger partial charge on any atom is 0.264 e. The lowest BCUT2D eigenvalue weighted by atomic mass is 9.94. The number of nitrogens with zero attached hydrogens (tertiary/aromatic N) is 3. The molecular weight excluding hydrogens is 366 g/mol. The molecule has 28 heavy (non-hydrogen) atoms. The number of fused-ring (bicyclic) bond motifs is 1. The summed E-state index contributed by atoms with van der Waals surface area (Å²) in [7, 11) is 0. The second-order valence-electron chi connectivity index (χ2n) is 8.00. The van der Waals surface area contributed by atoms with Gasteiger partial charge in [0.1, 0.15) is 5.00 Å². The normalized spacial score (nSPS) is 19.4. The number of hydrogen-bond donors (Lipinski definition) is 0. The number of rotatable bonds is 3. The molecule has 5 rings (SSSR count). The lowest BCUT2D eigenvalue weighted by molar-refractivity contribution is 0.0527. The van der Waals surface area contributed by atoms with E-state index in [1.165, 1.54) is 43.0 Å². The zero-order valence-electron chi connectivity index (χ0n) is 16.2. The number of aromatic nitrogens is 1. The van der Waals surface area contributed by atoms with Crippen LogP contribution in [0.25, 0.3) is 15.9 Å². The molecule has 1 saturated carbocycles. The van der Waals surface area contributed by atoms with Crippen molar-refractivity contribution in [1.29, 1.82) is 0 Å². The van der Waals surface area contributed by atoms with Crippen molar-refractivity contribution < 1.29 is 4.79 Å². The van der Waals surface area contributed by atoms with Crippen LogP contribution in [0.1, 0.15) is 41.8 Å². The maximum absolute atomic E-state index is 13.0. The second kappa shape index (κ2) is 7.72. The molecule has 0 bridgehead atoms. The lowest BCUT2D eigenvalue weighted by Gasteiger charge is -2.40. The van der Waals surface area contributed by atoms with Gasteiger partial charge in [0.15, 0.2) is 0 Å². The predicted molar refractivity (Wildman–Crippen MR) is 116 cm³/mol. The van der Waals surface area contributed by atoms with Gasteiger partial charge in [-0.15, -0.1) is 11.3 Å². The summed E-state index contributed by atoms with van der Waals surface area (Å²) in [6.07, 6.45) is 8.91. The Kier molecular flexibility index (Phi) is 4.95. The minimum Gasteiger partial charge on any atom is -0.335 e. The smallest absolute Gasteiger partial charge is 0.264 e. The number of piperazine rings is 1. The van der Waals surface area contributed by atoms with Gasteiger partial charge in [-0.2, -0.15) is 0 Å². The molecule has 1 aliphatic carbocycles. The van der Waals surface area contributed by atoms with E-state index in [1.54, 1.807) is 11.3 Å². The van der Waals surface area contributed by atoms with Crippen LogP contribution in [0.2, 0.25) is 0 Å². The van der Waals surface area contributed by atoms with Gasteiger partial charge in [0.05, 0.1) is 10.4 Å². The summed E-state index contributed by atoms with van der Waals surface area (Å²) >= 11 is 1.59. The number of carbonyl (C=O) groups excluding carboxylic acids is 1. The zero-order valence-corrected chi connectivity index (χ0v) is 17.0. The molecule has 1 amide bonds. The summed E-state index contributed by atoms with van der Waals surface area (Å²) in [6, 6.07) is 15.3. The van der Waals surface area contributed by atoms with Crippen LogP contribution in [-0.2, 0) is 0 Å². The first-order chi connectivity index (χ1) is 13.8. The van der Waals surface area contributed by atoms with Gasteiger partial charge in [0.25, 0.3) is 5.91 Å². The fraction of sp³-hybridized carbons (Fsp3) is 0.435. The van der Waals surface area contributed by atoms with Gasteiger partial charge in [0.2, 0.25) is 0 Å². The third kappa shape index (κ3) is 3.38. The Labute approximate surface area is 170 Å². The first kappa shape index (κ1) is 18.0. The van der Waals surface area contributed by atoms with Crippen LogP contribution < -0.4 is 0 Å². The van der Waals surface area contributed by atoms with Gasteiger partial charge in [-0.25, -0.2) is 0 Å². The maximum atomic E-state index is 13.0. The number of hydrogen-bond acceptors (Lipinski definition) is 3. The summed E-state index contributed by atoms with van der Waals surface area (Å²) in [4.78, 5) is 18.5. The van der Waals surface area contributed by atoms with E-state index in [0.717, 1.165) is 42.1 Å². The van der Waals surface area contributed by atoms with Crippen LogP contribution in [0, 0.1) is 0 Å². The van der Waals surface area contributed by atoms with E-state index in [4.69, 9.17) is 0 Å². The predicted octanol–water partition coefficient (Wildman–Crippen LogP) is 4.78. The molecule has 1 aromatic carbocycles. The number of thiophene rings is 1. The molecule has 0 spiro atoms. The van der Waals surface area contributed by atoms with Crippen molar-refractivity contribution >= 4 is 28.1 Å². The standard InChI is InChI=1S/C23H27N3OS/c27-23(25-16-14-24(15-17-25)19-7-2-1-3-8-19)21-10-11-22(28-21)26-13-12-18-6-4-5-9-20(18)26/h4-6,9-13,19H,1-3,7-8,14-17H2. The van der Waals surface area contributed by atoms with Crippen molar-refractivity contribution in [2.45, 2.75) is 38.1 Å². The summed E-state index contributed by atoms with van der Waals surface area (Å²) in [5.74, 6) is 0.191. The SMILES string of the molecule is O=C(c1ccc(-n2ccc3ccccc32)s1)N1CCN(C2CCCCC2)CC1. The minimum absolute atomic E-state index is 0.191. The fourth-order valence-corrected chi connectivity index (χ4v) is 5.71. The molecule has 0 radical (unpaired) electrons. The molecule has 2 aromatic heterocycles. The van der Waals surface area contributed by atoms with Crippen molar-refractivity contribution in [3.05, 3.63) is 53.5 Å². The molecule has 4 nitrogen and oxygen atoms in total.